The number of carboxylic acids is 1. The summed E-state index contributed by atoms with van der Waals surface area (Å²) in [6, 6.07) is -0.441. The molecule has 5 heteroatoms. The second-order valence-electron chi connectivity index (χ2n) is 3.39. The molecule has 0 aromatic carbocycles. The number of carbonyl (C=O) groups is 1. The van der Waals surface area contributed by atoms with E-state index in [1.54, 1.807) is 0 Å². The summed E-state index contributed by atoms with van der Waals surface area (Å²) in [6.07, 6.45) is 1.97. The van der Waals surface area contributed by atoms with Gasteiger partial charge in [-0.15, -0.1) is 0 Å². The summed E-state index contributed by atoms with van der Waals surface area (Å²) >= 11 is 0. The zero-order valence-electron chi connectivity index (χ0n) is 7.97. The van der Waals surface area contributed by atoms with Crippen LogP contribution >= 0.6 is 0 Å². The van der Waals surface area contributed by atoms with Crippen molar-refractivity contribution < 1.29 is 9.90 Å². The molecular formula is C9H12N3O2. The van der Waals surface area contributed by atoms with Crippen LogP contribution in [0.3, 0.4) is 0 Å². The van der Waals surface area contributed by atoms with Gasteiger partial charge in [-0.3, -0.25) is 9.69 Å². The Bertz CT molecular complexity index is 322. The Balaban J connectivity index is 2.19. The summed E-state index contributed by atoms with van der Waals surface area (Å²) in [5.74, 6) is -0.777. The van der Waals surface area contributed by atoms with E-state index in [1.807, 2.05) is 11.8 Å². The van der Waals surface area contributed by atoms with Gasteiger partial charge < -0.3 is 5.11 Å². The average Bonchev–Trinajstić information content (AvgIpc) is 2.62. The van der Waals surface area contributed by atoms with Gasteiger partial charge in [0.15, 0.2) is 0 Å². The van der Waals surface area contributed by atoms with Gasteiger partial charge in [-0.05, 0) is 6.54 Å². The fourth-order valence-electron chi connectivity index (χ4n) is 1.81. The number of rotatable bonds is 2. The fourth-order valence-corrected chi connectivity index (χ4v) is 1.81. The molecule has 2 aliphatic heterocycles. The molecule has 1 radical (unpaired) electrons. The van der Waals surface area contributed by atoms with Crippen molar-refractivity contribution in [2.45, 2.75) is 19.4 Å². The first kappa shape index (κ1) is 9.21. The molecule has 0 unspecified atom stereocenters. The minimum Gasteiger partial charge on any atom is -0.480 e. The number of nitrogens with zero attached hydrogens (tertiary/aromatic N) is 3. The maximum atomic E-state index is 11.0. The second-order valence-corrected chi connectivity index (χ2v) is 3.39. The average molecular weight is 194 g/mol. The van der Waals surface area contributed by atoms with Gasteiger partial charge in [-0.25, -0.2) is 10.3 Å². The van der Waals surface area contributed by atoms with E-state index in [-0.39, 0.29) is 0 Å². The molecule has 1 atom stereocenters. The molecule has 2 heterocycles. The molecule has 75 valence electrons. The Hall–Kier alpha value is -1.36. The predicted molar refractivity (Wildman–Crippen MR) is 50.9 cm³/mol. The summed E-state index contributed by atoms with van der Waals surface area (Å²) in [4.78, 5) is 17.0. The highest BCUT2D eigenvalue weighted by atomic mass is 16.4. The molecule has 0 saturated heterocycles. The van der Waals surface area contributed by atoms with Crippen LogP contribution in [0.4, 0.5) is 0 Å². The van der Waals surface area contributed by atoms with Gasteiger partial charge in [0, 0.05) is 13.0 Å². The topological polar surface area (TPSA) is 67.0 Å². The van der Waals surface area contributed by atoms with Gasteiger partial charge in [0.2, 0.25) is 0 Å². The summed E-state index contributed by atoms with van der Waals surface area (Å²) in [5.41, 5.74) is 1.76. The zero-order valence-corrected chi connectivity index (χ0v) is 7.97. The van der Waals surface area contributed by atoms with Crippen molar-refractivity contribution in [1.29, 1.82) is 0 Å². The van der Waals surface area contributed by atoms with Crippen molar-refractivity contribution in [2.75, 3.05) is 13.1 Å². The fraction of sp³-hybridized carbons (Fsp3) is 0.556. The first-order valence-electron chi connectivity index (χ1n) is 4.64. The molecule has 5 nitrogen and oxygen atoms in total. The van der Waals surface area contributed by atoms with E-state index in [1.165, 1.54) is 6.34 Å². The highest BCUT2D eigenvalue weighted by Gasteiger charge is 2.33. The monoisotopic (exact) mass is 194 g/mol. The molecule has 2 aliphatic rings. The van der Waals surface area contributed by atoms with E-state index in [0.717, 1.165) is 17.9 Å². The molecule has 0 aliphatic carbocycles. The number of hydrogen-bond donors (Lipinski definition) is 1. The maximum Gasteiger partial charge on any atom is 0.321 e. The number of carboxylic acid groups (broad SMARTS) is 1. The van der Waals surface area contributed by atoms with Crippen molar-refractivity contribution in [3.05, 3.63) is 11.4 Å². The van der Waals surface area contributed by atoms with Crippen LogP contribution in [0.2, 0.25) is 0 Å². The predicted octanol–water partition coefficient (Wildman–Crippen LogP) is 0.0231. The smallest absolute Gasteiger partial charge is 0.321 e. The van der Waals surface area contributed by atoms with Gasteiger partial charge in [-0.1, -0.05) is 6.92 Å². The van der Waals surface area contributed by atoms with Gasteiger partial charge >= 0.3 is 5.97 Å². The summed E-state index contributed by atoms with van der Waals surface area (Å²) in [7, 11) is 0. The Morgan fingerprint density at radius 3 is 3.14 bits per heavy atom. The summed E-state index contributed by atoms with van der Waals surface area (Å²) < 4.78 is 0. The standard InChI is InChI=1S/C9H12N3O2/c1-2-12-4-7-6(10-5-11-7)3-8(12)9(13)14/h5,8H,2-4H2,1H3,(H,13,14)/t8-/m0/s1. The molecular weight excluding hydrogens is 182 g/mol. The van der Waals surface area contributed by atoms with Crippen LogP contribution in [0, 0.1) is 0 Å². The Labute approximate surface area is 82.1 Å². The molecule has 2 rings (SSSR count). The number of aliphatic imine (C=N–C) groups is 1. The van der Waals surface area contributed by atoms with E-state index in [0.29, 0.717) is 13.0 Å². The molecule has 0 fully saturated rings. The second kappa shape index (κ2) is 3.42. The lowest BCUT2D eigenvalue weighted by molar-refractivity contribution is -0.143. The van der Waals surface area contributed by atoms with E-state index >= 15 is 0 Å². The maximum absolute atomic E-state index is 11.0. The molecule has 14 heavy (non-hydrogen) atoms. The van der Waals surface area contributed by atoms with Crippen molar-refractivity contribution in [3.63, 3.8) is 0 Å². The van der Waals surface area contributed by atoms with Crippen molar-refractivity contribution in [1.82, 2.24) is 10.2 Å². The molecule has 1 N–H and O–H groups in total. The number of hydrogen-bond acceptors (Lipinski definition) is 3. The molecule has 0 amide bonds. The third-order valence-corrected chi connectivity index (χ3v) is 2.63. The minimum absolute atomic E-state index is 0.441. The van der Waals surface area contributed by atoms with Crippen molar-refractivity contribution >= 4 is 12.3 Å². The normalized spacial score (nSPS) is 26.2. The Morgan fingerprint density at radius 2 is 2.50 bits per heavy atom. The number of aliphatic carboxylic acids is 1. The molecule has 0 spiro atoms. The van der Waals surface area contributed by atoms with Crippen molar-refractivity contribution in [3.8, 4) is 0 Å². The Morgan fingerprint density at radius 1 is 1.71 bits per heavy atom. The molecule has 0 aromatic rings. The summed E-state index contributed by atoms with van der Waals surface area (Å²) in [6.45, 7) is 3.28. The lowest BCUT2D eigenvalue weighted by atomic mass is 10.0. The third kappa shape index (κ3) is 1.39. The molecule has 0 saturated carbocycles. The van der Waals surface area contributed by atoms with Gasteiger partial charge in [-0.2, -0.15) is 0 Å². The van der Waals surface area contributed by atoms with Crippen LogP contribution < -0.4 is 5.32 Å². The van der Waals surface area contributed by atoms with Crippen LogP contribution in [0.25, 0.3) is 0 Å². The molecule has 0 bridgehead atoms. The molecule has 0 aromatic heterocycles. The largest absolute Gasteiger partial charge is 0.480 e. The van der Waals surface area contributed by atoms with E-state index < -0.39 is 12.0 Å². The van der Waals surface area contributed by atoms with Gasteiger partial charge in [0.25, 0.3) is 0 Å². The Kier molecular flexibility index (Phi) is 2.25. The summed E-state index contributed by atoms with van der Waals surface area (Å²) in [5, 5.41) is 13.1. The highest BCUT2D eigenvalue weighted by Crippen LogP contribution is 2.25. The SMILES string of the molecule is CCN1CC2=C(C[C@H]1C(=O)O)[N]C=N2. The highest BCUT2D eigenvalue weighted by molar-refractivity contribution is 5.75. The lowest BCUT2D eigenvalue weighted by Crippen LogP contribution is -2.45. The van der Waals surface area contributed by atoms with Crippen LogP contribution in [-0.2, 0) is 4.79 Å². The first-order valence-corrected chi connectivity index (χ1v) is 4.64. The van der Waals surface area contributed by atoms with Crippen LogP contribution in [0.1, 0.15) is 13.3 Å². The minimum atomic E-state index is -0.777. The van der Waals surface area contributed by atoms with Gasteiger partial charge in [0.05, 0.1) is 11.4 Å². The van der Waals surface area contributed by atoms with Crippen molar-refractivity contribution in [2.24, 2.45) is 4.99 Å². The lowest BCUT2D eigenvalue weighted by Gasteiger charge is -2.31. The van der Waals surface area contributed by atoms with Crippen LogP contribution in [0.5, 0.6) is 0 Å². The van der Waals surface area contributed by atoms with E-state index in [9.17, 15) is 4.79 Å². The quantitative estimate of drug-likeness (QED) is 0.674. The van der Waals surface area contributed by atoms with Crippen LogP contribution in [0.15, 0.2) is 16.4 Å². The van der Waals surface area contributed by atoms with E-state index in [2.05, 4.69) is 10.3 Å². The zero-order chi connectivity index (χ0) is 10.1. The van der Waals surface area contributed by atoms with Gasteiger partial charge in [0.1, 0.15) is 12.4 Å². The third-order valence-electron chi connectivity index (χ3n) is 2.63. The number of likely N-dealkylation sites (N-methyl/N-ethyl adjacent to an activating group) is 1. The van der Waals surface area contributed by atoms with E-state index in [4.69, 9.17) is 5.11 Å². The van der Waals surface area contributed by atoms with Crippen LogP contribution in [-0.4, -0.2) is 41.4 Å². The first-order chi connectivity index (χ1) is 6.72.